The normalized spacial score (nSPS) is 28.4. The smallest absolute Gasteiger partial charge is 0.248 e. The maximum absolute atomic E-state index is 13.6. The summed E-state index contributed by atoms with van der Waals surface area (Å²) in [6.07, 6.45) is 5.32. The van der Waals surface area contributed by atoms with E-state index in [-0.39, 0.29) is 43.6 Å². The molecule has 8 heteroatoms. The summed E-state index contributed by atoms with van der Waals surface area (Å²) < 4.78 is 29.6. The van der Waals surface area contributed by atoms with E-state index in [4.69, 9.17) is 0 Å². The summed E-state index contributed by atoms with van der Waals surface area (Å²) >= 11 is 0. The van der Waals surface area contributed by atoms with Crippen LogP contribution in [0.3, 0.4) is 0 Å². The average Bonchev–Trinajstić information content (AvgIpc) is 3.40. The van der Waals surface area contributed by atoms with E-state index >= 15 is 0 Å². The summed E-state index contributed by atoms with van der Waals surface area (Å²) in [6, 6.07) is 11.3. The summed E-state index contributed by atoms with van der Waals surface area (Å²) in [5.74, 6) is -0.0483. The van der Waals surface area contributed by atoms with E-state index in [0.717, 1.165) is 49.3 Å². The molecule has 0 radical (unpaired) electrons. The molecule has 3 heterocycles. The van der Waals surface area contributed by atoms with E-state index < -0.39 is 5.92 Å². The second kappa shape index (κ2) is 10.8. The lowest BCUT2D eigenvalue weighted by molar-refractivity contribution is -0.130. The minimum Gasteiger partial charge on any atom is -0.349 e. The quantitative estimate of drug-likeness (QED) is 0.464. The van der Waals surface area contributed by atoms with E-state index in [1.165, 1.54) is 0 Å². The lowest BCUT2D eigenvalue weighted by Crippen LogP contribution is -2.41. The molecule has 2 bridgehead atoms. The van der Waals surface area contributed by atoms with Crippen LogP contribution in [-0.2, 0) is 4.79 Å². The van der Waals surface area contributed by atoms with Crippen molar-refractivity contribution >= 4 is 5.91 Å². The van der Waals surface area contributed by atoms with E-state index in [2.05, 4.69) is 58.3 Å². The first-order valence-electron chi connectivity index (χ1n) is 14.1. The number of carbonyl (C=O) groups is 1. The molecule has 1 saturated carbocycles. The van der Waals surface area contributed by atoms with Gasteiger partial charge in [0.05, 0.1) is 6.04 Å². The third-order valence-corrected chi connectivity index (χ3v) is 8.90. The molecule has 2 aliphatic heterocycles. The number of rotatable bonds is 8. The number of alkyl halides is 2. The van der Waals surface area contributed by atoms with Crippen molar-refractivity contribution in [3.63, 3.8) is 0 Å². The summed E-state index contributed by atoms with van der Waals surface area (Å²) in [5.41, 5.74) is 1.09. The molecule has 1 aliphatic carbocycles. The maximum Gasteiger partial charge on any atom is 0.248 e. The Balaban J connectivity index is 1.23. The largest absolute Gasteiger partial charge is 0.349 e. The number of benzene rings is 1. The van der Waals surface area contributed by atoms with Gasteiger partial charge >= 0.3 is 0 Å². The van der Waals surface area contributed by atoms with Gasteiger partial charge in [0, 0.05) is 42.8 Å². The van der Waals surface area contributed by atoms with E-state index in [1.807, 2.05) is 18.2 Å². The fourth-order valence-corrected chi connectivity index (χ4v) is 6.92. The van der Waals surface area contributed by atoms with Gasteiger partial charge in [0.1, 0.15) is 11.6 Å². The van der Waals surface area contributed by atoms with Crippen LogP contribution in [0, 0.1) is 18.8 Å². The monoisotopic (exact) mass is 513 g/mol. The van der Waals surface area contributed by atoms with Crippen molar-refractivity contribution < 1.29 is 13.6 Å². The highest BCUT2D eigenvalue weighted by atomic mass is 19.3. The highest BCUT2D eigenvalue weighted by Crippen LogP contribution is 2.42. The number of aromatic nitrogens is 3. The number of fused-ring (bicyclic) bond motifs is 2. The molecule has 3 fully saturated rings. The second-order valence-electron chi connectivity index (χ2n) is 11.9. The van der Waals surface area contributed by atoms with E-state index in [0.29, 0.717) is 30.0 Å². The van der Waals surface area contributed by atoms with E-state index in [9.17, 15) is 13.6 Å². The Hall–Kier alpha value is -2.35. The van der Waals surface area contributed by atoms with Gasteiger partial charge in [0.2, 0.25) is 11.8 Å². The standard InChI is InChI=1S/C29H41F2N5O/c1-18(2)27-35-34-19(3)36(27)24-16-23-15-22(26(17-24)32-23)9-10-25(20-7-5-4-6-8-20)33-28(37)21-11-13-29(30,31)14-12-21/h4-8,18,21-26,32H,9-17H2,1-3H3,(H,33,37)/t22?,23-,24-,25-,26-/m0/s1. The Labute approximate surface area is 219 Å². The second-order valence-corrected chi connectivity index (χ2v) is 11.9. The number of aryl methyl sites for hydroxylation is 1. The topological polar surface area (TPSA) is 71.8 Å². The van der Waals surface area contributed by atoms with Crippen LogP contribution >= 0.6 is 0 Å². The van der Waals surface area contributed by atoms with Gasteiger partial charge in [-0.1, -0.05) is 44.2 Å². The van der Waals surface area contributed by atoms with Crippen molar-refractivity contribution in [2.75, 3.05) is 0 Å². The van der Waals surface area contributed by atoms with Crippen LogP contribution in [0.1, 0.15) is 107 Å². The highest BCUT2D eigenvalue weighted by molar-refractivity contribution is 5.79. The predicted octanol–water partition coefficient (Wildman–Crippen LogP) is 5.85. The van der Waals surface area contributed by atoms with Crippen LogP contribution in [0.4, 0.5) is 8.78 Å². The molecule has 202 valence electrons. The van der Waals surface area contributed by atoms with Crippen LogP contribution in [0.15, 0.2) is 30.3 Å². The molecule has 2 saturated heterocycles. The molecule has 0 spiro atoms. The lowest BCUT2D eigenvalue weighted by atomic mass is 9.85. The average molecular weight is 514 g/mol. The lowest BCUT2D eigenvalue weighted by Gasteiger charge is -2.33. The van der Waals surface area contributed by atoms with Gasteiger partial charge in [-0.3, -0.25) is 4.79 Å². The fourth-order valence-electron chi connectivity index (χ4n) is 6.92. The molecular formula is C29H41F2N5O. The van der Waals surface area contributed by atoms with Crippen molar-refractivity contribution in [1.82, 2.24) is 25.4 Å². The van der Waals surface area contributed by atoms with Crippen molar-refractivity contribution in [1.29, 1.82) is 0 Å². The zero-order valence-electron chi connectivity index (χ0n) is 22.3. The highest BCUT2D eigenvalue weighted by Gasteiger charge is 2.42. The minimum absolute atomic E-state index is 0.0722. The number of piperidine rings is 1. The number of hydrogen-bond donors (Lipinski definition) is 2. The number of carbonyl (C=O) groups excluding carboxylic acids is 1. The SMILES string of the molecule is Cc1nnc(C(C)C)n1[C@H]1C[C@@H]2CC(CC[C@H](NC(=O)C3CCC(F)(F)CC3)c3ccccc3)[C@H](C1)N2. The van der Waals surface area contributed by atoms with Gasteiger partial charge in [0.15, 0.2) is 0 Å². The molecule has 1 amide bonds. The molecule has 1 aromatic carbocycles. The zero-order chi connectivity index (χ0) is 26.2. The summed E-state index contributed by atoms with van der Waals surface area (Å²) in [5, 5.41) is 15.9. The molecule has 37 heavy (non-hydrogen) atoms. The van der Waals surface area contributed by atoms with Crippen LogP contribution in [-0.4, -0.2) is 38.7 Å². The summed E-state index contributed by atoms with van der Waals surface area (Å²) in [4.78, 5) is 13.1. The van der Waals surface area contributed by atoms with Crippen molar-refractivity contribution in [2.45, 2.75) is 115 Å². The fraction of sp³-hybridized carbons (Fsp3) is 0.690. The van der Waals surface area contributed by atoms with E-state index in [1.54, 1.807) is 0 Å². The van der Waals surface area contributed by atoms with Crippen molar-refractivity contribution in [2.24, 2.45) is 11.8 Å². The van der Waals surface area contributed by atoms with Crippen LogP contribution in [0.5, 0.6) is 0 Å². The molecule has 5 atom stereocenters. The maximum atomic E-state index is 13.6. The van der Waals surface area contributed by atoms with Crippen molar-refractivity contribution in [3.8, 4) is 0 Å². The van der Waals surface area contributed by atoms with Crippen LogP contribution in [0.2, 0.25) is 0 Å². The van der Waals surface area contributed by atoms with Gasteiger partial charge in [-0.05, 0) is 63.4 Å². The predicted molar refractivity (Wildman–Crippen MR) is 139 cm³/mol. The molecule has 1 unspecified atom stereocenters. The Bertz CT molecular complexity index is 1060. The molecule has 5 rings (SSSR count). The summed E-state index contributed by atoms with van der Waals surface area (Å²) in [7, 11) is 0. The van der Waals surface area contributed by atoms with Gasteiger partial charge < -0.3 is 15.2 Å². The van der Waals surface area contributed by atoms with Crippen molar-refractivity contribution in [3.05, 3.63) is 47.5 Å². The van der Waals surface area contributed by atoms with Gasteiger partial charge in [-0.25, -0.2) is 8.78 Å². The van der Waals surface area contributed by atoms with Crippen LogP contribution in [0.25, 0.3) is 0 Å². The zero-order valence-corrected chi connectivity index (χ0v) is 22.3. The number of hydrogen-bond acceptors (Lipinski definition) is 4. The molecular weight excluding hydrogens is 472 g/mol. The first kappa shape index (κ1) is 26.3. The Morgan fingerprint density at radius 2 is 1.86 bits per heavy atom. The molecule has 2 aromatic rings. The number of nitrogens with one attached hydrogen (secondary N) is 2. The molecule has 2 N–H and O–H groups in total. The Morgan fingerprint density at radius 1 is 1.14 bits per heavy atom. The first-order valence-corrected chi connectivity index (χ1v) is 14.1. The number of halogens is 2. The third kappa shape index (κ3) is 5.89. The third-order valence-electron chi connectivity index (χ3n) is 8.90. The first-order chi connectivity index (χ1) is 17.7. The van der Waals surface area contributed by atoms with Gasteiger partial charge in [0.25, 0.3) is 0 Å². The molecule has 1 aromatic heterocycles. The number of amides is 1. The van der Waals surface area contributed by atoms with Gasteiger partial charge in [-0.2, -0.15) is 0 Å². The van der Waals surface area contributed by atoms with Crippen LogP contribution < -0.4 is 10.6 Å². The molecule has 3 aliphatic rings. The Kier molecular flexibility index (Phi) is 7.66. The Morgan fingerprint density at radius 3 is 2.57 bits per heavy atom. The minimum atomic E-state index is -2.62. The van der Waals surface area contributed by atoms with Gasteiger partial charge in [-0.15, -0.1) is 10.2 Å². The summed E-state index contributed by atoms with van der Waals surface area (Å²) in [6.45, 7) is 6.41. The number of nitrogens with zero attached hydrogens (tertiary/aromatic N) is 3. The molecule has 6 nitrogen and oxygen atoms in total.